The molecule has 3 rings (SSSR count). The van der Waals surface area contributed by atoms with Crippen molar-refractivity contribution in [3.8, 4) is 0 Å². The zero-order valence-electron chi connectivity index (χ0n) is 14.0. The van der Waals surface area contributed by atoms with E-state index in [1.165, 1.54) is 6.42 Å². The molecule has 0 aliphatic carbocycles. The first kappa shape index (κ1) is 16.1. The highest BCUT2D eigenvalue weighted by Crippen LogP contribution is 2.27. The highest BCUT2D eigenvalue weighted by Gasteiger charge is 2.28. The Labute approximate surface area is 137 Å². The van der Waals surface area contributed by atoms with E-state index in [4.69, 9.17) is 9.15 Å². The smallest absolute Gasteiger partial charge is 0.257 e. The Bertz CT molecular complexity index is 676. The second kappa shape index (κ2) is 7.18. The van der Waals surface area contributed by atoms with Gasteiger partial charge in [0, 0.05) is 31.7 Å². The summed E-state index contributed by atoms with van der Waals surface area (Å²) in [4.78, 5) is 15.1. The molecule has 1 saturated heterocycles. The Kier molecular flexibility index (Phi) is 5.01. The third-order valence-corrected chi connectivity index (χ3v) is 4.67. The Morgan fingerprint density at radius 2 is 2.26 bits per heavy atom. The van der Waals surface area contributed by atoms with Crippen molar-refractivity contribution >= 4 is 16.9 Å². The molecule has 0 radical (unpaired) electrons. The van der Waals surface area contributed by atoms with Gasteiger partial charge in [0.2, 0.25) is 0 Å². The Morgan fingerprint density at radius 1 is 1.39 bits per heavy atom. The highest BCUT2D eigenvalue weighted by atomic mass is 16.5. The standard InChI is InChI=1S/C19H25NO3/c1-14-13-15-7-5-10-17(18(15)23-14)19(21)20-11-4-3-8-16(20)9-6-12-22-2/h5,7,10,13,16H,3-4,6,8-9,11-12H2,1-2H3/t16-/m0/s1. The maximum absolute atomic E-state index is 13.1. The second-order valence-electron chi connectivity index (χ2n) is 6.36. The van der Waals surface area contributed by atoms with Crippen LogP contribution in [0.2, 0.25) is 0 Å². The number of likely N-dealkylation sites (tertiary alicyclic amines) is 1. The molecule has 1 fully saturated rings. The number of fused-ring (bicyclic) bond motifs is 1. The number of piperidine rings is 1. The topological polar surface area (TPSA) is 42.7 Å². The Balaban J connectivity index is 1.84. The van der Waals surface area contributed by atoms with E-state index in [0.717, 1.165) is 55.6 Å². The molecule has 0 bridgehead atoms. The van der Waals surface area contributed by atoms with Crippen LogP contribution in [-0.2, 0) is 4.74 Å². The van der Waals surface area contributed by atoms with Crippen molar-refractivity contribution in [2.24, 2.45) is 0 Å². The van der Waals surface area contributed by atoms with Crippen LogP contribution in [0, 0.1) is 6.92 Å². The highest BCUT2D eigenvalue weighted by molar-refractivity contribution is 6.05. The molecule has 2 aromatic rings. The van der Waals surface area contributed by atoms with E-state index < -0.39 is 0 Å². The van der Waals surface area contributed by atoms with Crippen LogP contribution in [0.25, 0.3) is 11.0 Å². The predicted molar refractivity (Wildman–Crippen MR) is 90.7 cm³/mol. The van der Waals surface area contributed by atoms with Crippen LogP contribution in [-0.4, -0.2) is 37.1 Å². The van der Waals surface area contributed by atoms with Crippen molar-refractivity contribution in [1.29, 1.82) is 0 Å². The number of para-hydroxylation sites is 1. The van der Waals surface area contributed by atoms with Gasteiger partial charge in [-0.15, -0.1) is 0 Å². The molecule has 1 amide bonds. The molecule has 1 atom stereocenters. The SMILES string of the molecule is COCCC[C@@H]1CCCCN1C(=O)c1cccc2cc(C)oc12. The summed E-state index contributed by atoms with van der Waals surface area (Å²) >= 11 is 0. The molecule has 23 heavy (non-hydrogen) atoms. The molecule has 1 aromatic heterocycles. The first-order chi connectivity index (χ1) is 11.2. The maximum atomic E-state index is 13.1. The molecule has 2 heterocycles. The van der Waals surface area contributed by atoms with E-state index in [1.54, 1.807) is 7.11 Å². The van der Waals surface area contributed by atoms with Crippen molar-refractivity contribution in [2.45, 2.75) is 45.1 Å². The third kappa shape index (κ3) is 3.42. The van der Waals surface area contributed by atoms with E-state index in [9.17, 15) is 4.79 Å². The van der Waals surface area contributed by atoms with Crippen LogP contribution in [0.1, 0.15) is 48.2 Å². The first-order valence-corrected chi connectivity index (χ1v) is 8.50. The van der Waals surface area contributed by atoms with Gasteiger partial charge >= 0.3 is 0 Å². The number of nitrogens with zero attached hydrogens (tertiary/aromatic N) is 1. The molecule has 124 valence electrons. The number of hydrogen-bond donors (Lipinski definition) is 0. The molecule has 0 unspecified atom stereocenters. The summed E-state index contributed by atoms with van der Waals surface area (Å²) in [6, 6.07) is 8.12. The monoisotopic (exact) mass is 315 g/mol. The molecular formula is C19H25NO3. The third-order valence-electron chi connectivity index (χ3n) is 4.67. The first-order valence-electron chi connectivity index (χ1n) is 8.50. The minimum absolute atomic E-state index is 0.104. The van der Waals surface area contributed by atoms with Crippen LogP contribution in [0.3, 0.4) is 0 Å². The fraction of sp³-hybridized carbons (Fsp3) is 0.526. The number of aryl methyl sites for hydroxylation is 1. The van der Waals surface area contributed by atoms with E-state index in [2.05, 4.69) is 0 Å². The van der Waals surface area contributed by atoms with Gasteiger partial charge in [-0.3, -0.25) is 4.79 Å². The Morgan fingerprint density at radius 3 is 3.09 bits per heavy atom. The predicted octanol–water partition coefficient (Wildman–Crippen LogP) is 4.16. The Hall–Kier alpha value is -1.81. The number of ether oxygens (including phenoxy) is 1. The van der Waals surface area contributed by atoms with Crippen molar-refractivity contribution < 1.29 is 13.9 Å². The number of amides is 1. The van der Waals surface area contributed by atoms with Crippen molar-refractivity contribution in [2.75, 3.05) is 20.3 Å². The molecule has 0 spiro atoms. The zero-order chi connectivity index (χ0) is 16.2. The van der Waals surface area contributed by atoms with Gasteiger partial charge in [0.25, 0.3) is 5.91 Å². The number of methoxy groups -OCH3 is 1. The summed E-state index contributed by atoms with van der Waals surface area (Å²) in [6.07, 6.45) is 5.37. The van der Waals surface area contributed by atoms with Crippen molar-refractivity contribution in [1.82, 2.24) is 4.90 Å². The largest absolute Gasteiger partial charge is 0.461 e. The average molecular weight is 315 g/mol. The van der Waals surface area contributed by atoms with Gasteiger partial charge in [0.05, 0.1) is 5.56 Å². The number of benzene rings is 1. The van der Waals surface area contributed by atoms with Crippen molar-refractivity contribution in [3.05, 3.63) is 35.6 Å². The van der Waals surface area contributed by atoms with Gasteiger partial charge in [0.15, 0.2) is 0 Å². The normalized spacial score (nSPS) is 18.5. The zero-order valence-corrected chi connectivity index (χ0v) is 14.0. The summed E-state index contributed by atoms with van der Waals surface area (Å²) < 4.78 is 10.9. The minimum atomic E-state index is 0.104. The van der Waals surface area contributed by atoms with Gasteiger partial charge in [-0.1, -0.05) is 12.1 Å². The summed E-state index contributed by atoms with van der Waals surface area (Å²) in [5.74, 6) is 0.947. The number of hydrogen-bond acceptors (Lipinski definition) is 3. The van der Waals surface area contributed by atoms with Crippen LogP contribution in [0.4, 0.5) is 0 Å². The molecule has 0 saturated carbocycles. The van der Waals surface area contributed by atoms with E-state index in [1.807, 2.05) is 36.1 Å². The molecule has 4 heteroatoms. The molecular weight excluding hydrogens is 290 g/mol. The van der Waals surface area contributed by atoms with Gasteiger partial charge < -0.3 is 14.1 Å². The molecule has 4 nitrogen and oxygen atoms in total. The molecule has 0 N–H and O–H groups in total. The number of rotatable bonds is 5. The van der Waals surface area contributed by atoms with Gasteiger partial charge in [-0.05, 0) is 51.2 Å². The van der Waals surface area contributed by atoms with E-state index in [-0.39, 0.29) is 5.91 Å². The van der Waals surface area contributed by atoms with Crippen LogP contribution >= 0.6 is 0 Å². The maximum Gasteiger partial charge on any atom is 0.257 e. The average Bonchev–Trinajstić information content (AvgIpc) is 2.95. The summed E-state index contributed by atoms with van der Waals surface area (Å²) in [5, 5.41) is 1.00. The van der Waals surface area contributed by atoms with Crippen molar-refractivity contribution in [3.63, 3.8) is 0 Å². The lowest BCUT2D eigenvalue weighted by Gasteiger charge is -2.36. The quantitative estimate of drug-likeness (QED) is 0.778. The lowest BCUT2D eigenvalue weighted by molar-refractivity contribution is 0.0586. The van der Waals surface area contributed by atoms with E-state index in [0.29, 0.717) is 11.6 Å². The fourth-order valence-electron chi connectivity index (χ4n) is 3.55. The van der Waals surface area contributed by atoms with Crippen LogP contribution in [0.5, 0.6) is 0 Å². The molecule has 1 aliphatic heterocycles. The minimum Gasteiger partial charge on any atom is -0.461 e. The number of furan rings is 1. The molecule has 1 aromatic carbocycles. The lowest BCUT2D eigenvalue weighted by atomic mass is 9.96. The van der Waals surface area contributed by atoms with Crippen LogP contribution < -0.4 is 0 Å². The fourth-order valence-corrected chi connectivity index (χ4v) is 3.55. The van der Waals surface area contributed by atoms with Gasteiger partial charge in [0.1, 0.15) is 11.3 Å². The number of carbonyl (C=O) groups is 1. The summed E-state index contributed by atoms with van der Waals surface area (Å²) in [5.41, 5.74) is 1.41. The number of carbonyl (C=O) groups excluding carboxylic acids is 1. The van der Waals surface area contributed by atoms with Gasteiger partial charge in [-0.25, -0.2) is 0 Å². The summed E-state index contributed by atoms with van der Waals surface area (Å²) in [7, 11) is 1.73. The summed E-state index contributed by atoms with van der Waals surface area (Å²) in [6.45, 7) is 3.51. The van der Waals surface area contributed by atoms with Crippen LogP contribution in [0.15, 0.2) is 28.7 Å². The molecule has 1 aliphatic rings. The lowest BCUT2D eigenvalue weighted by Crippen LogP contribution is -2.43. The van der Waals surface area contributed by atoms with E-state index >= 15 is 0 Å². The second-order valence-corrected chi connectivity index (χ2v) is 6.36. The van der Waals surface area contributed by atoms with Gasteiger partial charge in [-0.2, -0.15) is 0 Å².